The van der Waals surface area contributed by atoms with Gasteiger partial charge in [0.2, 0.25) is 0 Å². The van der Waals surface area contributed by atoms with Crippen LogP contribution in [0.4, 0.5) is 0 Å². The highest BCUT2D eigenvalue weighted by Gasteiger charge is 2.30. The molecule has 1 aliphatic rings. The SMILES string of the molecule is CCCc1n[nH]c2c1C(=O)CC(CC(C)SCC)C2. The van der Waals surface area contributed by atoms with Crippen LogP contribution in [0.5, 0.6) is 0 Å². The number of H-pyrrole nitrogens is 1. The zero-order valence-corrected chi connectivity index (χ0v) is 13.0. The Kier molecular flexibility index (Phi) is 5.08. The molecule has 1 heterocycles. The molecule has 1 aromatic heterocycles. The van der Waals surface area contributed by atoms with Crippen LogP contribution in [-0.4, -0.2) is 27.0 Å². The van der Waals surface area contributed by atoms with Crippen molar-refractivity contribution >= 4 is 17.5 Å². The van der Waals surface area contributed by atoms with Crippen molar-refractivity contribution < 1.29 is 4.79 Å². The summed E-state index contributed by atoms with van der Waals surface area (Å²) in [5.74, 6) is 1.94. The van der Waals surface area contributed by atoms with Gasteiger partial charge in [-0.15, -0.1) is 0 Å². The van der Waals surface area contributed by atoms with Gasteiger partial charge < -0.3 is 0 Å². The summed E-state index contributed by atoms with van der Waals surface area (Å²) in [5.41, 5.74) is 2.98. The number of rotatable bonds is 6. The first-order valence-electron chi connectivity index (χ1n) is 7.36. The van der Waals surface area contributed by atoms with E-state index < -0.39 is 0 Å². The smallest absolute Gasteiger partial charge is 0.166 e. The molecule has 4 heteroatoms. The quantitative estimate of drug-likeness (QED) is 0.865. The summed E-state index contributed by atoms with van der Waals surface area (Å²) >= 11 is 1.98. The summed E-state index contributed by atoms with van der Waals surface area (Å²) in [6, 6.07) is 0. The van der Waals surface area contributed by atoms with Gasteiger partial charge in [0, 0.05) is 17.4 Å². The molecule has 1 N–H and O–H groups in total. The Hall–Kier alpha value is -0.770. The summed E-state index contributed by atoms with van der Waals surface area (Å²) in [6.45, 7) is 6.58. The number of nitrogens with one attached hydrogen (secondary N) is 1. The number of Topliss-reactive ketones (excluding diaryl/α,β-unsaturated/α-hetero) is 1. The number of ketones is 1. The van der Waals surface area contributed by atoms with Crippen LogP contribution in [0, 0.1) is 5.92 Å². The van der Waals surface area contributed by atoms with Gasteiger partial charge in [0.1, 0.15) is 0 Å². The Morgan fingerprint density at radius 2 is 2.21 bits per heavy atom. The van der Waals surface area contributed by atoms with Gasteiger partial charge in [-0.2, -0.15) is 16.9 Å². The second-order valence-corrected chi connectivity index (χ2v) is 7.19. The number of hydrogen-bond donors (Lipinski definition) is 1. The van der Waals surface area contributed by atoms with Crippen LogP contribution in [0.1, 0.15) is 61.8 Å². The highest BCUT2D eigenvalue weighted by atomic mass is 32.2. The van der Waals surface area contributed by atoms with Gasteiger partial charge in [-0.1, -0.05) is 27.2 Å². The lowest BCUT2D eigenvalue weighted by Gasteiger charge is -2.23. The van der Waals surface area contributed by atoms with E-state index in [1.165, 1.54) is 0 Å². The van der Waals surface area contributed by atoms with Gasteiger partial charge in [0.25, 0.3) is 0 Å². The van der Waals surface area contributed by atoms with Gasteiger partial charge in [0.15, 0.2) is 5.78 Å². The molecule has 1 aliphatic carbocycles. The highest BCUT2D eigenvalue weighted by Crippen LogP contribution is 2.31. The lowest BCUT2D eigenvalue weighted by molar-refractivity contribution is 0.0945. The molecule has 19 heavy (non-hydrogen) atoms. The van der Waals surface area contributed by atoms with Crippen molar-refractivity contribution in [3.8, 4) is 0 Å². The first kappa shape index (κ1) is 14.6. The lowest BCUT2D eigenvalue weighted by atomic mass is 9.83. The molecule has 2 unspecified atom stereocenters. The topological polar surface area (TPSA) is 45.8 Å². The third-order valence-electron chi connectivity index (χ3n) is 3.77. The van der Waals surface area contributed by atoms with E-state index in [1.807, 2.05) is 11.8 Å². The van der Waals surface area contributed by atoms with Crippen molar-refractivity contribution in [1.29, 1.82) is 0 Å². The van der Waals surface area contributed by atoms with Gasteiger partial charge in [-0.25, -0.2) is 0 Å². The second-order valence-electron chi connectivity index (χ2n) is 5.47. The molecular weight excluding hydrogens is 256 g/mol. The molecular formula is C15H24N2OS. The monoisotopic (exact) mass is 280 g/mol. The number of hydrogen-bond acceptors (Lipinski definition) is 3. The predicted octanol–water partition coefficient (Wildman–Crippen LogP) is 3.64. The number of fused-ring (bicyclic) bond motifs is 1. The Balaban J connectivity index is 2.06. The average molecular weight is 280 g/mol. The van der Waals surface area contributed by atoms with E-state index in [2.05, 4.69) is 31.0 Å². The van der Waals surface area contributed by atoms with Crippen molar-refractivity contribution in [1.82, 2.24) is 10.2 Å². The zero-order chi connectivity index (χ0) is 13.8. The predicted molar refractivity (Wildman–Crippen MR) is 80.9 cm³/mol. The molecule has 2 atom stereocenters. The van der Waals surface area contributed by atoms with Crippen molar-refractivity contribution in [3.63, 3.8) is 0 Å². The van der Waals surface area contributed by atoms with E-state index in [0.29, 0.717) is 23.4 Å². The number of nitrogens with zero attached hydrogens (tertiary/aromatic N) is 1. The maximum atomic E-state index is 12.3. The summed E-state index contributed by atoms with van der Waals surface area (Å²) in [7, 11) is 0. The van der Waals surface area contributed by atoms with E-state index >= 15 is 0 Å². The number of carbonyl (C=O) groups is 1. The Labute approximate surface area is 119 Å². The van der Waals surface area contributed by atoms with Crippen LogP contribution in [0.2, 0.25) is 0 Å². The van der Waals surface area contributed by atoms with Crippen LogP contribution in [0.25, 0.3) is 0 Å². The maximum absolute atomic E-state index is 12.3. The number of aromatic nitrogens is 2. The fourth-order valence-electron chi connectivity index (χ4n) is 3.03. The van der Waals surface area contributed by atoms with Crippen LogP contribution in [-0.2, 0) is 12.8 Å². The molecule has 0 saturated carbocycles. The Bertz CT molecular complexity index is 441. The van der Waals surface area contributed by atoms with Gasteiger partial charge in [-0.05, 0) is 30.9 Å². The zero-order valence-electron chi connectivity index (χ0n) is 12.2. The molecule has 0 saturated heterocycles. The van der Waals surface area contributed by atoms with Crippen molar-refractivity contribution in [2.45, 2.75) is 58.1 Å². The van der Waals surface area contributed by atoms with E-state index in [0.717, 1.165) is 48.4 Å². The van der Waals surface area contributed by atoms with Crippen LogP contribution < -0.4 is 0 Å². The van der Waals surface area contributed by atoms with Gasteiger partial charge in [-0.3, -0.25) is 9.89 Å². The lowest BCUT2D eigenvalue weighted by Crippen LogP contribution is -2.22. The number of aromatic amines is 1. The van der Waals surface area contributed by atoms with Crippen molar-refractivity contribution in [3.05, 3.63) is 17.0 Å². The molecule has 2 rings (SSSR count). The van der Waals surface area contributed by atoms with Crippen LogP contribution in [0.15, 0.2) is 0 Å². The van der Waals surface area contributed by atoms with Crippen molar-refractivity contribution in [2.24, 2.45) is 5.92 Å². The number of aryl methyl sites for hydroxylation is 1. The highest BCUT2D eigenvalue weighted by molar-refractivity contribution is 7.99. The van der Waals surface area contributed by atoms with E-state index in [4.69, 9.17) is 0 Å². The summed E-state index contributed by atoms with van der Waals surface area (Å²) in [6.07, 6.45) is 4.78. The first-order chi connectivity index (χ1) is 9.15. The molecule has 0 amide bonds. The molecule has 1 aromatic rings. The molecule has 106 valence electrons. The Morgan fingerprint density at radius 3 is 2.89 bits per heavy atom. The van der Waals surface area contributed by atoms with E-state index in [9.17, 15) is 4.79 Å². The standard InChI is InChI=1S/C15H24N2OS/c1-4-6-12-15-13(17-16-12)8-11(9-14(15)18)7-10(3)19-5-2/h10-11H,4-9H2,1-3H3,(H,16,17). The molecule has 0 fully saturated rings. The maximum Gasteiger partial charge on any atom is 0.166 e. The number of thioether (sulfide) groups is 1. The largest absolute Gasteiger partial charge is 0.294 e. The third kappa shape index (κ3) is 3.41. The first-order valence-corrected chi connectivity index (χ1v) is 8.41. The Morgan fingerprint density at radius 1 is 1.42 bits per heavy atom. The molecule has 0 aliphatic heterocycles. The third-order valence-corrected chi connectivity index (χ3v) is 4.86. The minimum absolute atomic E-state index is 0.303. The second kappa shape index (κ2) is 6.60. The van der Waals surface area contributed by atoms with Crippen LogP contribution >= 0.6 is 11.8 Å². The molecule has 0 spiro atoms. The fourth-order valence-corrected chi connectivity index (χ4v) is 4.01. The molecule has 0 bridgehead atoms. The van der Waals surface area contributed by atoms with Gasteiger partial charge >= 0.3 is 0 Å². The van der Waals surface area contributed by atoms with E-state index in [1.54, 1.807) is 0 Å². The van der Waals surface area contributed by atoms with Crippen LogP contribution in [0.3, 0.4) is 0 Å². The molecule has 0 radical (unpaired) electrons. The normalized spacial score (nSPS) is 20.4. The van der Waals surface area contributed by atoms with Gasteiger partial charge in [0.05, 0.1) is 11.3 Å². The average Bonchev–Trinajstić information content (AvgIpc) is 2.73. The summed E-state index contributed by atoms with van der Waals surface area (Å²) in [4.78, 5) is 12.3. The summed E-state index contributed by atoms with van der Waals surface area (Å²) < 4.78 is 0. The fraction of sp³-hybridized carbons (Fsp3) is 0.733. The van der Waals surface area contributed by atoms with Crippen molar-refractivity contribution in [2.75, 3.05) is 5.75 Å². The molecule has 0 aromatic carbocycles. The number of carbonyl (C=O) groups excluding carboxylic acids is 1. The minimum Gasteiger partial charge on any atom is -0.294 e. The molecule has 3 nitrogen and oxygen atoms in total. The minimum atomic E-state index is 0.303. The van der Waals surface area contributed by atoms with E-state index in [-0.39, 0.29) is 0 Å². The summed E-state index contributed by atoms with van der Waals surface area (Å²) in [5, 5.41) is 8.08.